The zero-order valence-electron chi connectivity index (χ0n) is 11.8. The fourth-order valence-electron chi connectivity index (χ4n) is 2.00. The lowest BCUT2D eigenvalue weighted by molar-refractivity contribution is 0.542. The third-order valence-electron chi connectivity index (χ3n) is 3.02. The summed E-state index contributed by atoms with van der Waals surface area (Å²) >= 11 is 5.07. The van der Waals surface area contributed by atoms with E-state index in [1.54, 1.807) is 0 Å². The smallest absolute Gasteiger partial charge is 0.0994 e. The average molecular weight is 261 g/mol. The number of hydrogen-bond acceptors (Lipinski definition) is 1. The lowest BCUT2D eigenvalue weighted by Gasteiger charge is -2.23. The van der Waals surface area contributed by atoms with Crippen LogP contribution < -0.4 is 5.73 Å². The first-order valence-corrected chi connectivity index (χ1v) is 6.71. The summed E-state index contributed by atoms with van der Waals surface area (Å²) < 4.78 is 0. The zero-order chi connectivity index (χ0) is 13.9. The predicted octanol–water partition coefficient (Wildman–Crippen LogP) is 4.32. The summed E-state index contributed by atoms with van der Waals surface area (Å²) in [6.07, 6.45) is 9.32. The second kappa shape index (κ2) is 5.66. The molecule has 98 valence electrons. The van der Waals surface area contributed by atoms with Gasteiger partial charge in [-0.1, -0.05) is 64.7 Å². The zero-order valence-corrected chi connectivity index (χ0v) is 12.6. The second-order valence-corrected chi connectivity index (χ2v) is 6.39. The van der Waals surface area contributed by atoms with Gasteiger partial charge in [-0.3, -0.25) is 0 Å². The minimum absolute atomic E-state index is 0.187. The molecule has 1 unspecified atom stereocenters. The summed E-state index contributed by atoms with van der Waals surface area (Å²) in [6.45, 7) is 12.7. The second-order valence-electron chi connectivity index (χ2n) is 5.95. The monoisotopic (exact) mass is 261 g/mol. The van der Waals surface area contributed by atoms with Crippen molar-refractivity contribution in [1.29, 1.82) is 0 Å². The third kappa shape index (κ3) is 3.95. The molecule has 0 radical (unpaired) electrons. The van der Waals surface area contributed by atoms with Gasteiger partial charge in [0.2, 0.25) is 0 Å². The Morgan fingerprint density at radius 2 is 2.11 bits per heavy atom. The van der Waals surface area contributed by atoms with Crippen molar-refractivity contribution in [2.45, 2.75) is 34.1 Å². The van der Waals surface area contributed by atoms with Crippen LogP contribution in [0.3, 0.4) is 0 Å². The Balaban J connectivity index is 3.17. The maximum Gasteiger partial charge on any atom is 0.0994 e. The molecular weight excluding hydrogens is 238 g/mol. The van der Waals surface area contributed by atoms with Gasteiger partial charge in [-0.25, -0.2) is 0 Å². The highest BCUT2D eigenvalue weighted by molar-refractivity contribution is 7.80. The number of nitrogens with two attached hydrogens (primary N) is 1. The summed E-state index contributed by atoms with van der Waals surface area (Å²) in [5, 5.41) is 0. The molecular formula is C16H23NS. The van der Waals surface area contributed by atoms with Gasteiger partial charge in [0.1, 0.15) is 0 Å². The average Bonchev–Trinajstić information content (AvgIpc) is 2.24. The van der Waals surface area contributed by atoms with E-state index in [4.69, 9.17) is 18.0 Å². The molecule has 0 fully saturated rings. The number of thiocarbonyl (C=S) groups is 1. The van der Waals surface area contributed by atoms with Crippen LogP contribution in [-0.4, -0.2) is 4.99 Å². The number of hydrogen-bond donors (Lipinski definition) is 1. The molecule has 0 aromatic rings. The quantitative estimate of drug-likeness (QED) is 0.766. The van der Waals surface area contributed by atoms with Crippen molar-refractivity contribution < 1.29 is 0 Å². The molecule has 18 heavy (non-hydrogen) atoms. The van der Waals surface area contributed by atoms with Crippen molar-refractivity contribution in [2.24, 2.45) is 17.1 Å². The summed E-state index contributed by atoms with van der Waals surface area (Å²) in [5.74, 6) is 0.429. The number of allylic oxidation sites excluding steroid dienone is 6. The van der Waals surface area contributed by atoms with E-state index < -0.39 is 0 Å². The molecule has 2 heteroatoms. The van der Waals surface area contributed by atoms with E-state index in [9.17, 15) is 0 Å². The van der Waals surface area contributed by atoms with Crippen molar-refractivity contribution in [3.63, 3.8) is 0 Å². The Bertz CT molecular complexity index is 444. The van der Waals surface area contributed by atoms with Crippen LogP contribution in [0.2, 0.25) is 0 Å². The molecule has 1 aliphatic rings. The highest BCUT2D eigenvalue weighted by Gasteiger charge is 2.19. The predicted molar refractivity (Wildman–Crippen MR) is 84.5 cm³/mol. The van der Waals surface area contributed by atoms with Gasteiger partial charge in [0.15, 0.2) is 0 Å². The van der Waals surface area contributed by atoms with Crippen LogP contribution in [0.5, 0.6) is 0 Å². The molecule has 0 spiro atoms. The standard InChI is InChI=1S/C16H23NS/c1-6-12-10-13(15(17)18)9-11(2)14(12)7-8-16(3,4)5/h6-8,10-11H,1,9H2,2-5H3,(H2,17,18)/b8-7-. The van der Waals surface area contributed by atoms with Gasteiger partial charge in [0.25, 0.3) is 0 Å². The van der Waals surface area contributed by atoms with E-state index >= 15 is 0 Å². The molecule has 1 rings (SSSR count). The lowest BCUT2D eigenvalue weighted by atomic mass is 9.82. The van der Waals surface area contributed by atoms with Crippen LogP contribution in [0.25, 0.3) is 0 Å². The molecule has 0 amide bonds. The molecule has 1 aliphatic carbocycles. The molecule has 0 aliphatic heterocycles. The van der Waals surface area contributed by atoms with Gasteiger partial charge >= 0.3 is 0 Å². The van der Waals surface area contributed by atoms with Crippen LogP contribution in [0.4, 0.5) is 0 Å². The van der Waals surface area contributed by atoms with E-state index in [1.807, 2.05) is 6.08 Å². The van der Waals surface area contributed by atoms with Crippen molar-refractivity contribution in [1.82, 2.24) is 0 Å². The Hall–Kier alpha value is -1.15. The minimum atomic E-state index is 0.187. The first-order chi connectivity index (χ1) is 8.24. The fourth-order valence-corrected chi connectivity index (χ4v) is 2.15. The number of rotatable bonds is 3. The van der Waals surface area contributed by atoms with Gasteiger partial charge < -0.3 is 5.73 Å². The van der Waals surface area contributed by atoms with Gasteiger partial charge in [-0.2, -0.15) is 0 Å². The summed E-state index contributed by atoms with van der Waals surface area (Å²) in [4.78, 5) is 0.500. The van der Waals surface area contributed by atoms with Crippen LogP contribution in [-0.2, 0) is 0 Å². The Kier molecular flexibility index (Phi) is 4.69. The highest BCUT2D eigenvalue weighted by Crippen LogP contribution is 2.32. The summed E-state index contributed by atoms with van der Waals surface area (Å²) in [5.41, 5.74) is 9.42. The van der Waals surface area contributed by atoms with Crippen LogP contribution in [0, 0.1) is 11.3 Å². The van der Waals surface area contributed by atoms with Crippen LogP contribution >= 0.6 is 12.2 Å². The van der Waals surface area contributed by atoms with E-state index in [0.29, 0.717) is 10.9 Å². The maximum absolute atomic E-state index is 5.72. The van der Waals surface area contributed by atoms with E-state index in [1.165, 1.54) is 5.57 Å². The fraction of sp³-hybridized carbons (Fsp3) is 0.438. The van der Waals surface area contributed by atoms with Crippen molar-refractivity contribution in [2.75, 3.05) is 0 Å². The molecule has 1 nitrogen and oxygen atoms in total. The molecule has 0 aromatic carbocycles. The minimum Gasteiger partial charge on any atom is -0.390 e. The molecule has 1 atom stereocenters. The van der Waals surface area contributed by atoms with Crippen molar-refractivity contribution in [3.05, 3.63) is 47.6 Å². The molecule has 0 saturated carbocycles. The lowest BCUT2D eigenvalue weighted by Crippen LogP contribution is -2.18. The van der Waals surface area contributed by atoms with Crippen LogP contribution in [0.1, 0.15) is 34.1 Å². The first kappa shape index (κ1) is 14.9. The molecule has 0 saturated heterocycles. The Morgan fingerprint density at radius 3 is 2.56 bits per heavy atom. The normalized spacial score (nSPS) is 21.1. The van der Waals surface area contributed by atoms with Gasteiger partial charge in [0, 0.05) is 0 Å². The van der Waals surface area contributed by atoms with E-state index in [0.717, 1.165) is 17.6 Å². The molecule has 0 heterocycles. The van der Waals surface area contributed by atoms with Crippen molar-refractivity contribution >= 4 is 17.2 Å². The van der Waals surface area contributed by atoms with Crippen molar-refractivity contribution in [3.8, 4) is 0 Å². The topological polar surface area (TPSA) is 26.0 Å². The molecule has 2 N–H and O–H groups in total. The molecule has 0 aromatic heterocycles. The Labute approximate surface area is 116 Å². The summed E-state index contributed by atoms with van der Waals surface area (Å²) in [7, 11) is 0. The largest absolute Gasteiger partial charge is 0.390 e. The van der Waals surface area contributed by atoms with Gasteiger partial charge in [-0.15, -0.1) is 0 Å². The van der Waals surface area contributed by atoms with Gasteiger partial charge in [0.05, 0.1) is 4.99 Å². The van der Waals surface area contributed by atoms with Gasteiger partial charge in [-0.05, 0) is 40.5 Å². The van der Waals surface area contributed by atoms with E-state index in [2.05, 4.69) is 52.5 Å². The highest BCUT2D eigenvalue weighted by atomic mass is 32.1. The SMILES string of the molecule is C=CC1=C(/C=C\C(C)(C)C)C(C)CC(C(N)=S)=C1. The van der Waals surface area contributed by atoms with Crippen LogP contribution in [0.15, 0.2) is 47.6 Å². The molecule has 0 bridgehead atoms. The summed E-state index contributed by atoms with van der Waals surface area (Å²) in [6, 6.07) is 0. The third-order valence-corrected chi connectivity index (χ3v) is 3.28. The first-order valence-electron chi connectivity index (χ1n) is 6.31. The Morgan fingerprint density at radius 1 is 1.50 bits per heavy atom. The maximum atomic E-state index is 5.72. The van der Waals surface area contributed by atoms with E-state index in [-0.39, 0.29) is 5.41 Å².